The third-order valence-corrected chi connectivity index (χ3v) is 3.53. The van der Waals surface area contributed by atoms with Crippen LogP contribution in [0.1, 0.15) is 26.3 Å². The van der Waals surface area contributed by atoms with Crippen molar-refractivity contribution in [3.05, 3.63) is 60.2 Å². The summed E-state index contributed by atoms with van der Waals surface area (Å²) in [6.45, 7) is 5.78. The summed E-state index contributed by atoms with van der Waals surface area (Å²) in [5, 5.41) is 3.32. The van der Waals surface area contributed by atoms with Crippen LogP contribution in [0.15, 0.2) is 54.6 Å². The van der Waals surface area contributed by atoms with Crippen molar-refractivity contribution in [3.8, 4) is 11.1 Å². The SMILES string of the molecule is CC(=O)[C@H](Cc1ccc(-c2ccccc2)cc1)NC(C)C. The summed E-state index contributed by atoms with van der Waals surface area (Å²) in [4.78, 5) is 11.7. The summed E-state index contributed by atoms with van der Waals surface area (Å²) in [6.07, 6.45) is 0.739. The van der Waals surface area contributed by atoms with Gasteiger partial charge in [0.25, 0.3) is 0 Å². The fourth-order valence-corrected chi connectivity index (χ4v) is 2.42. The summed E-state index contributed by atoms with van der Waals surface area (Å²) in [6, 6.07) is 19.0. The van der Waals surface area contributed by atoms with Gasteiger partial charge in [0.1, 0.15) is 5.78 Å². The molecule has 0 aliphatic heterocycles. The first-order valence-electron chi connectivity index (χ1n) is 7.47. The Bertz CT molecular complexity index is 572. The molecule has 0 spiro atoms. The molecule has 1 atom stereocenters. The van der Waals surface area contributed by atoms with E-state index in [1.165, 1.54) is 16.7 Å². The van der Waals surface area contributed by atoms with Crippen LogP contribution in [0.3, 0.4) is 0 Å². The molecule has 110 valence electrons. The second-order valence-electron chi connectivity index (χ2n) is 5.75. The zero-order valence-electron chi connectivity index (χ0n) is 13.0. The van der Waals surface area contributed by atoms with Gasteiger partial charge in [0.05, 0.1) is 6.04 Å². The topological polar surface area (TPSA) is 29.1 Å². The number of Topliss-reactive ketones (excluding diaryl/α,β-unsaturated/α-hetero) is 1. The minimum Gasteiger partial charge on any atom is -0.305 e. The molecule has 0 amide bonds. The van der Waals surface area contributed by atoms with E-state index < -0.39 is 0 Å². The van der Waals surface area contributed by atoms with Crippen LogP contribution < -0.4 is 5.32 Å². The number of rotatable bonds is 6. The van der Waals surface area contributed by atoms with Gasteiger partial charge in [-0.15, -0.1) is 0 Å². The lowest BCUT2D eigenvalue weighted by Gasteiger charge is -2.18. The molecule has 0 saturated heterocycles. The molecule has 0 aliphatic rings. The average Bonchev–Trinajstić information content (AvgIpc) is 2.48. The fraction of sp³-hybridized carbons (Fsp3) is 0.316. The maximum atomic E-state index is 11.7. The molecule has 1 N–H and O–H groups in total. The van der Waals surface area contributed by atoms with Crippen LogP contribution in [0.4, 0.5) is 0 Å². The Balaban J connectivity index is 2.10. The maximum Gasteiger partial charge on any atom is 0.147 e. The van der Waals surface area contributed by atoms with E-state index in [9.17, 15) is 4.79 Å². The summed E-state index contributed by atoms with van der Waals surface area (Å²) >= 11 is 0. The molecule has 0 fully saturated rings. The zero-order valence-corrected chi connectivity index (χ0v) is 13.0. The molecule has 0 radical (unpaired) electrons. The highest BCUT2D eigenvalue weighted by atomic mass is 16.1. The largest absolute Gasteiger partial charge is 0.305 e. The number of hydrogen-bond donors (Lipinski definition) is 1. The predicted octanol–water partition coefficient (Wildman–Crippen LogP) is 3.85. The Labute approximate surface area is 127 Å². The zero-order chi connectivity index (χ0) is 15.2. The molecule has 21 heavy (non-hydrogen) atoms. The van der Waals surface area contributed by atoms with E-state index in [2.05, 4.69) is 55.6 Å². The summed E-state index contributed by atoms with van der Waals surface area (Å²) < 4.78 is 0. The summed E-state index contributed by atoms with van der Waals surface area (Å²) in [7, 11) is 0. The molecule has 0 aromatic heterocycles. The van der Waals surface area contributed by atoms with Crippen LogP contribution >= 0.6 is 0 Å². The van der Waals surface area contributed by atoms with Gasteiger partial charge in [-0.2, -0.15) is 0 Å². The van der Waals surface area contributed by atoms with Gasteiger partial charge in [-0.05, 0) is 30.0 Å². The lowest BCUT2D eigenvalue weighted by molar-refractivity contribution is -0.119. The minimum atomic E-state index is -0.104. The molecular weight excluding hydrogens is 258 g/mol. The number of benzene rings is 2. The Morgan fingerprint density at radius 3 is 2.05 bits per heavy atom. The van der Waals surface area contributed by atoms with Crippen molar-refractivity contribution >= 4 is 5.78 Å². The van der Waals surface area contributed by atoms with Crippen LogP contribution in [0.25, 0.3) is 11.1 Å². The van der Waals surface area contributed by atoms with Crippen molar-refractivity contribution in [1.82, 2.24) is 5.32 Å². The molecule has 2 aromatic carbocycles. The van der Waals surface area contributed by atoms with Crippen LogP contribution in [0.2, 0.25) is 0 Å². The number of ketones is 1. The van der Waals surface area contributed by atoms with E-state index in [1.807, 2.05) is 18.2 Å². The van der Waals surface area contributed by atoms with Gasteiger partial charge in [-0.3, -0.25) is 4.79 Å². The fourth-order valence-electron chi connectivity index (χ4n) is 2.42. The highest BCUT2D eigenvalue weighted by Gasteiger charge is 2.15. The lowest BCUT2D eigenvalue weighted by Crippen LogP contribution is -2.41. The van der Waals surface area contributed by atoms with Crippen LogP contribution in [-0.2, 0) is 11.2 Å². The second kappa shape index (κ2) is 7.19. The van der Waals surface area contributed by atoms with Crippen LogP contribution in [-0.4, -0.2) is 17.9 Å². The quantitative estimate of drug-likeness (QED) is 0.871. The lowest BCUT2D eigenvalue weighted by atomic mass is 9.99. The van der Waals surface area contributed by atoms with Crippen LogP contribution in [0, 0.1) is 0 Å². The molecule has 0 aliphatic carbocycles. The summed E-state index contributed by atoms with van der Waals surface area (Å²) in [5.74, 6) is 0.191. The van der Waals surface area contributed by atoms with Gasteiger partial charge in [0.2, 0.25) is 0 Å². The molecular formula is C19H23NO. The first-order valence-corrected chi connectivity index (χ1v) is 7.47. The third-order valence-electron chi connectivity index (χ3n) is 3.53. The number of nitrogens with one attached hydrogen (secondary N) is 1. The standard InChI is InChI=1S/C19H23NO/c1-14(2)20-19(15(3)21)13-16-9-11-18(12-10-16)17-7-5-4-6-8-17/h4-12,14,19-20H,13H2,1-3H3/t19-/m0/s1. The van der Waals surface area contributed by atoms with Gasteiger partial charge in [-0.1, -0.05) is 68.4 Å². The smallest absolute Gasteiger partial charge is 0.147 e. The van der Waals surface area contributed by atoms with E-state index in [-0.39, 0.29) is 11.8 Å². The Morgan fingerprint density at radius 1 is 0.952 bits per heavy atom. The molecule has 2 rings (SSSR count). The number of hydrogen-bond acceptors (Lipinski definition) is 2. The highest BCUT2D eigenvalue weighted by molar-refractivity contribution is 5.81. The average molecular weight is 281 g/mol. The maximum absolute atomic E-state index is 11.7. The molecule has 2 nitrogen and oxygen atoms in total. The van der Waals surface area contributed by atoms with E-state index in [0.29, 0.717) is 6.04 Å². The van der Waals surface area contributed by atoms with Gasteiger partial charge in [0, 0.05) is 6.04 Å². The summed E-state index contributed by atoms with van der Waals surface area (Å²) in [5.41, 5.74) is 3.60. The van der Waals surface area contributed by atoms with Crippen molar-refractivity contribution in [2.45, 2.75) is 39.3 Å². The first kappa shape index (κ1) is 15.5. The Morgan fingerprint density at radius 2 is 1.52 bits per heavy atom. The third kappa shape index (κ3) is 4.54. The molecule has 0 bridgehead atoms. The minimum absolute atomic E-state index is 0.104. The Kier molecular flexibility index (Phi) is 5.29. The van der Waals surface area contributed by atoms with E-state index in [1.54, 1.807) is 6.92 Å². The molecule has 2 aromatic rings. The van der Waals surface area contributed by atoms with Crippen molar-refractivity contribution in [2.24, 2.45) is 0 Å². The van der Waals surface area contributed by atoms with E-state index in [4.69, 9.17) is 0 Å². The monoisotopic (exact) mass is 281 g/mol. The van der Waals surface area contributed by atoms with Gasteiger partial charge in [0.15, 0.2) is 0 Å². The predicted molar refractivity (Wildman–Crippen MR) is 88.3 cm³/mol. The van der Waals surface area contributed by atoms with Crippen LogP contribution in [0.5, 0.6) is 0 Å². The van der Waals surface area contributed by atoms with Gasteiger partial charge < -0.3 is 5.32 Å². The van der Waals surface area contributed by atoms with E-state index >= 15 is 0 Å². The van der Waals surface area contributed by atoms with Gasteiger partial charge in [-0.25, -0.2) is 0 Å². The highest BCUT2D eigenvalue weighted by Crippen LogP contribution is 2.19. The van der Waals surface area contributed by atoms with Gasteiger partial charge >= 0.3 is 0 Å². The van der Waals surface area contributed by atoms with Crippen molar-refractivity contribution in [2.75, 3.05) is 0 Å². The molecule has 0 saturated carbocycles. The normalized spacial score (nSPS) is 12.4. The number of carbonyl (C=O) groups is 1. The first-order chi connectivity index (χ1) is 10.1. The molecule has 0 unspecified atom stereocenters. The molecule has 2 heteroatoms. The van der Waals surface area contributed by atoms with E-state index in [0.717, 1.165) is 6.42 Å². The van der Waals surface area contributed by atoms with Crippen molar-refractivity contribution in [3.63, 3.8) is 0 Å². The van der Waals surface area contributed by atoms with Crippen molar-refractivity contribution in [1.29, 1.82) is 0 Å². The second-order valence-corrected chi connectivity index (χ2v) is 5.75. The van der Waals surface area contributed by atoms with Crippen molar-refractivity contribution < 1.29 is 4.79 Å². The molecule has 0 heterocycles. The Hall–Kier alpha value is -1.93. The number of carbonyl (C=O) groups excluding carboxylic acids is 1.